The summed E-state index contributed by atoms with van der Waals surface area (Å²) in [4.78, 5) is 3.20. The van der Waals surface area contributed by atoms with Crippen molar-refractivity contribution in [2.45, 2.75) is 20.3 Å². The van der Waals surface area contributed by atoms with Gasteiger partial charge in [0.05, 0.1) is 0 Å². The lowest BCUT2D eigenvalue weighted by Crippen LogP contribution is -2.09. The van der Waals surface area contributed by atoms with Crippen LogP contribution in [0.1, 0.15) is 20.3 Å². The second-order valence-corrected chi connectivity index (χ2v) is 4.17. The van der Waals surface area contributed by atoms with Gasteiger partial charge in [0, 0.05) is 29.3 Å². The molecule has 1 aromatic heterocycles. The molecule has 0 saturated carbocycles. The van der Waals surface area contributed by atoms with E-state index in [-0.39, 0.29) is 0 Å². The Labute approximate surface area is 90.7 Å². The molecule has 0 amide bonds. The van der Waals surface area contributed by atoms with E-state index >= 15 is 0 Å². The summed E-state index contributed by atoms with van der Waals surface area (Å²) < 4.78 is 0. The number of aromatic nitrogens is 1. The lowest BCUT2D eigenvalue weighted by Gasteiger charge is -2.11. The third kappa shape index (κ3) is 2.32. The molecule has 2 N–H and O–H groups in total. The SMILES string of the molecule is CCC(C)CNc1ccc2[nH]ccc2c1. The van der Waals surface area contributed by atoms with Gasteiger partial charge in [-0.15, -0.1) is 0 Å². The maximum Gasteiger partial charge on any atom is 0.0455 e. The van der Waals surface area contributed by atoms with E-state index in [2.05, 4.69) is 48.4 Å². The van der Waals surface area contributed by atoms with Crippen LogP contribution in [-0.2, 0) is 0 Å². The van der Waals surface area contributed by atoms with Gasteiger partial charge >= 0.3 is 0 Å². The first-order valence-corrected chi connectivity index (χ1v) is 5.60. The quantitative estimate of drug-likeness (QED) is 0.778. The van der Waals surface area contributed by atoms with Gasteiger partial charge in [0.25, 0.3) is 0 Å². The molecule has 2 heteroatoms. The molecule has 1 heterocycles. The lowest BCUT2D eigenvalue weighted by atomic mass is 10.1. The third-order valence-electron chi connectivity index (χ3n) is 2.90. The second kappa shape index (κ2) is 4.39. The van der Waals surface area contributed by atoms with Crippen LogP contribution in [0.15, 0.2) is 30.5 Å². The van der Waals surface area contributed by atoms with Gasteiger partial charge in [-0.1, -0.05) is 20.3 Å². The van der Waals surface area contributed by atoms with Gasteiger partial charge in [-0.05, 0) is 30.2 Å². The topological polar surface area (TPSA) is 27.8 Å². The predicted molar refractivity (Wildman–Crippen MR) is 66.2 cm³/mol. The van der Waals surface area contributed by atoms with Crippen molar-refractivity contribution in [2.24, 2.45) is 5.92 Å². The van der Waals surface area contributed by atoms with Crippen LogP contribution in [-0.4, -0.2) is 11.5 Å². The van der Waals surface area contributed by atoms with Crippen molar-refractivity contribution in [2.75, 3.05) is 11.9 Å². The maximum atomic E-state index is 3.46. The zero-order chi connectivity index (χ0) is 10.7. The van der Waals surface area contributed by atoms with E-state index in [0.717, 1.165) is 12.5 Å². The van der Waals surface area contributed by atoms with Crippen molar-refractivity contribution in [1.29, 1.82) is 0 Å². The number of nitrogens with one attached hydrogen (secondary N) is 2. The van der Waals surface area contributed by atoms with E-state index in [0.29, 0.717) is 0 Å². The Balaban J connectivity index is 2.08. The molecule has 1 aromatic carbocycles. The second-order valence-electron chi connectivity index (χ2n) is 4.17. The molecule has 0 aliphatic carbocycles. The number of rotatable bonds is 4. The predicted octanol–water partition coefficient (Wildman–Crippen LogP) is 3.63. The fraction of sp³-hybridized carbons (Fsp3) is 0.385. The summed E-state index contributed by atoms with van der Waals surface area (Å²) in [5.74, 6) is 0.729. The molecule has 2 nitrogen and oxygen atoms in total. The van der Waals surface area contributed by atoms with E-state index in [1.54, 1.807) is 0 Å². The summed E-state index contributed by atoms with van der Waals surface area (Å²) in [7, 11) is 0. The highest BCUT2D eigenvalue weighted by Crippen LogP contribution is 2.18. The van der Waals surface area contributed by atoms with E-state index in [4.69, 9.17) is 0 Å². The number of H-pyrrole nitrogens is 1. The molecular formula is C13H18N2. The van der Waals surface area contributed by atoms with Gasteiger partial charge in [0.1, 0.15) is 0 Å². The molecule has 0 aliphatic heterocycles. The van der Waals surface area contributed by atoms with Crippen molar-refractivity contribution >= 4 is 16.6 Å². The molecule has 15 heavy (non-hydrogen) atoms. The monoisotopic (exact) mass is 202 g/mol. The zero-order valence-electron chi connectivity index (χ0n) is 9.38. The molecule has 1 atom stereocenters. The molecule has 0 fully saturated rings. The van der Waals surface area contributed by atoms with Gasteiger partial charge in [0.15, 0.2) is 0 Å². The van der Waals surface area contributed by atoms with Gasteiger partial charge in [-0.25, -0.2) is 0 Å². The molecule has 0 saturated heterocycles. The van der Waals surface area contributed by atoms with Crippen LogP contribution in [0.25, 0.3) is 10.9 Å². The molecule has 80 valence electrons. The average Bonchev–Trinajstić information content (AvgIpc) is 2.72. The Bertz CT molecular complexity index is 431. The number of hydrogen-bond donors (Lipinski definition) is 2. The van der Waals surface area contributed by atoms with E-state index in [1.807, 2.05) is 6.20 Å². The zero-order valence-corrected chi connectivity index (χ0v) is 9.38. The van der Waals surface area contributed by atoms with Gasteiger partial charge < -0.3 is 10.3 Å². The highest BCUT2D eigenvalue weighted by atomic mass is 14.9. The highest BCUT2D eigenvalue weighted by molar-refractivity contribution is 5.82. The summed E-state index contributed by atoms with van der Waals surface area (Å²) >= 11 is 0. The highest BCUT2D eigenvalue weighted by Gasteiger charge is 1.99. The van der Waals surface area contributed by atoms with Crippen molar-refractivity contribution in [1.82, 2.24) is 4.98 Å². The minimum atomic E-state index is 0.729. The van der Waals surface area contributed by atoms with Gasteiger partial charge in [-0.3, -0.25) is 0 Å². The Morgan fingerprint density at radius 3 is 3.00 bits per heavy atom. The van der Waals surface area contributed by atoms with Crippen molar-refractivity contribution < 1.29 is 0 Å². The first-order chi connectivity index (χ1) is 7.29. The van der Waals surface area contributed by atoms with Crippen molar-refractivity contribution in [3.63, 3.8) is 0 Å². The maximum absolute atomic E-state index is 3.46. The fourth-order valence-corrected chi connectivity index (χ4v) is 1.60. The molecule has 0 spiro atoms. The summed E-state index contributed by atoms with van der Waals surface area (Å²) in [6.07, 6.45) is 3.20. The first-order valence-electron chi connectivity index (χ1n) is 5.60. The van der Waals surface area contributed by atoms with Crippen molar-refractivity contribution in [3.05, 3.63) is 30.5 Å². The van der Waals surface area contributed by atoms with Crippen LogP contribution in [0, 0.1) is 5.92 Å². The number of hydrogen-bond acceptors (Lipinski definition) is 1. The molecule has 0 aliphatic rings. The Morgan fingerprint density at radius 2 is 2.20 bits per heavy atom. The average molecular weight is 202 g/mol. The molecule has 1 unspecified atom stereocenters. The number of fused-ring (bicyclic) bond motifs is 1. The smallest absolute Gasteiger partial charge is 0.0455 e. The largest absolute Gasteiger partial charge is 0.385 e. The van der Waals surface area contributed by atoms with Gasteiger partial charge in [-0.2, -0.15) is 0 Å². The van der Waals surface area contributed by atoms with E-state index < -0.39 is 0 Å². The number of aromatic amines is 1. The number of anilines is 1. The van der Waals surface area contributed by atoms with Crippen LogP contribution >= 0.6 is 0 Å². The van der Waals surface area contributed by atoms with E-state index in [9.17, 15) is 0 Å². The fourth-order valence-electron chi connectivity index (χ4n) is 1.60. The van der Waals surface area contributed by atoms with Crippen molar-refractivity contribution in [3.8, 4) is 0 Å². The minimum Gasteiger partial charge on any atom is -0.385 e. The van der Waals surface area contributed by atoms with Gasteiger partial charge in [0.2, 0.25) is 0 Å². The number of benzene rings is 1. The van der Waals surface area contributed by atoms with Crippen LogP contribution < -0.4 is 5.32 Å². The van der Waals surface area contributed by atoms with E-state index in [1.165, 1.54) is 23.0 Å². The molecule has 0 bridgehead atoms. The minimum absolute atomic E-state index is 0.729. The summed E-state index contributed by atoms with van der Waals surface area (Å²) in [6, 6.07) is 8.54. The molecular weight excluding hydrogens is 184 g/mol. The lowest BCUT2D eigenvalue weighted by molar-refractivity contribution is 0.593. The standard InChI is InChI=1S/C13H18N2/c1-3-10(2)9-15-12-4-5-13-11(8-12)6-7-14-13/h4-8,10,14-15H,3,9H2,1-2H3. The van der Waals surface area contributed by atoms with Crippen LogP contribution in [0.3, 0.4) is 0 Å². The Morgan fingerprint density at radius 1 is 1.33 bits per heavy atom. The third-order valence-corrected chi connectivity index (χ3v) is 2.90. The summed E-state index contributed by atoms with van der Waals surface area (Å²) in [6.45, 7) is 5.54. The molecule has 2 aromatic rings. The van der Waals surface area contributed by atoms with Crippen LogP contribution in [0.2, 0.25) is 0 Å². The Hall–Kier alpha value is -1.44. The van der Waals surface area contributed by atoms with Crippen LogP contribution in [0.4, 0.5) is 5.69 Å². The molecule has 2 rings (SSSR count). The summed E-state index contributed by atoms with van der Waals surface area (Å²) in [5, 5.41) is 4.73. The Kier molecular flexibility index (Phi) is 2.95. The van der Waals surface area contributed by atoms with Crippen LogP contribution in [0.5, 0.6) is 0 Å². The molecule has 0 radical (unpaired) electrons. The first kappa shape index (κ1) is 10.1. The summed E-state index contributed by atoms with van der Waals surface area (Å²) in [5.41, 5.74) is 2.41. The normalized spacial score (nSPS) is 12.9.